The summed E-state index contributed by atoms with van der Waals surface area (Å²) in [6.07, 6.45) is 5.16. The van der Waals surface area contributed by atoms with Gasteiger partial charge in [-0.15, -0.1) is 0 Å². The fourth-order valence-corrected chi connectivity index (χ4v) is 3.53. The summed E-state index contributed by atoms with van der Waals surface area (Å²) in [4.78, 5) is 2.45. The van der Waals surface area contributed by atoms with Crippen molar-refractivity contribution < 1.29 is 4.39 Å². The first-order chi connectivity index (χ1) is 13.1. The lowest BCUT2D eigenvalue weighted by Crippen LogP contribution is -2.30. The Morgan fingerprint density at radius 1 is 1.33 bits per heavy atom. The molecular formula is C20H22ClFN4S. The number of benzene rings is 2. The van der Waals surface area contributed by atoms with Crippen molar-refractivity contribution in [1.82, 2.24) is 5.43 Å². The zero-order valence-electron chi connectivity index (χ0n) is 15.1. The molecule has 0 aromatic heterocycles. The molecule has 2 N–H and O–H groups in total. The van der Waals surface area contributed by atoms with E-state index in [9.17, 15) is 4.39 Å². The summed E-state index contributed by atoms with van der Waals surface area (Å²) in [5, 5.41) is 7.44. The minimum Gasteiger partial charge on any atom is -0.371 e. The summed E-state index contributed by atoms with van der Waals surface area (Å²) < 4.78 is 13.2. The van der Waals surface area contributed by atoms with Crippen LogP contribution in [0.1, 0.15) is 30.9 Å². The fraction of sp³-hybridized carbons (Fsp3) is 0.300. The highest BCUT2D eigenvalue weighted by Crippen LogP contribution is 2.27. The lowest BCUT2D eigenvalue weighted by Gasteiger charge is -2.31. The van der Waals surface area contributed by atoms with Crippen LogP contribution in [0.4, 0.5) is 15.8 Å². The standard InChI is InChI=1S/C20H22ClFN4S/c1-2-9-26-10-3-4-15-11-14(5-8-19(15)26)13-23-25-20(27)24-16-6-7-18(22)17(21)12-16/h5-8,11-13H,2-4,9-10H2,1H3,(H2,24,25,27). The largest absolute Gasteiger partial charge is 0.371 e. The molecule has 0 fully saturated rings. The van der Waals surface area contributed by atoms with Crippen molar-refractivity contribution in [2.75, 3.05) is 23.3 Å². The molecule has 0 saturated carbocycles. The van der Waals surface area contributed by atoms with Gasteiger partial charge < -0.3 is 10.2 Å². The maximum absolute atomic E-state index is 13.2. The first kappa shape index (κ1) is 19.6. The predicted molar refractivity (Wildman–Crippen MR) is 116 cm³/mol. The van der Waals surface area contributed by atoms with Crippen molar-refractivity contribution in [3.63, 3.8) is 0 Å². The number of rotatable bonds is 5. The third-order valence-electron chi connectivity index (χ3n) is 4.37. The molecule has 27 heavy (non-hydrogen) atoms. The van der Waals surface area contributed by atoms with Gasteiger partial charge in [0, 0.05) is 24.5 Å². The number of aryl methyl sites for hydroxylation is 1. The first-order valence-electron chi connectivity index (χ1n) is 9.00. The number of nitrogens with zero attached hydrogens (tertiary/aromatic N) is 2. The molecule has 1 aliphatic rings. The number of hydrogen-bond acceptors (Lipinski definition) is 3. The molecule has 0 radical (unpaired) electrons. The van der Waals surface area contributed by atoms with E-state index in [-0.39, 0.29) is 5.02 Å². The lowest BCUT2D eigenvalue weighted by molar-refractivity contribution is 0.628. The number of thiocarbonyl (C=S) groups is 1. The zero-order valence-corrected chi connectivity index (χ0v) is 16.7. The Bertz CT molecular complexity index is 856. The maximum Gasteiger partial charge on any atom is 0.191 e. The lowest BCUT2D eigenvalue weighted by atomic mass is 9.99. The highest BCUT2D eigenvalue weighted by atomic mass is 35.5. The monoisotopic (exact) mass is 404 g/mol. The molecule has 4 nitrogen and oxygen atoms in total. The van der Waals surface area contributed by atoms with Gasteiger partial charge in [0.1, 0.15) is 5.82 Å². The second-order valence-corrected chi connectivity index (χ2v) is 7.25. The molecule has 2 aromatic carbocycles. The summed E-state index contributed by atoms with van der Waals surface area (Å²) in [7, 11) is 0. The molecule has 0 unspecified atom stereocenters. The zero-order chi connectivity index (χ0) is 19.2. The molecule has 0 bridgehead atoms. The molecule has 2 aromatic rings. The molecule has 1 aliphatic heterocycles. The van der Waals surface area contributed by atoms with E-state index >= 15 is 0 Å². The molecule has 0 aliphatic carbocycles. The molecule has 7 heteroatoms. The van der Waals surface area contributed by atoms with Crippen LogP contribution in [0.5, 0.6) is 0 Å². The Hall–Kier alpha value is -2.18. The third kappa shape index (κ3) is 5.17. The van der Waals surface area contributed by atoms with Crippen LogP contribution in [0, 0.1) is 5.82 Å². The van der Waals surface area contributed by atoms with E-state index in [1.807, 2.05) is 0 Å². The summed E-state index contributed by atoms with van der Waals surface area (Å²) in [6, 6.07) is 10.7. The van der Waals surface area contributed by atoms with Crippen LogP contribution in [0.25, 0.3) is 0 Å². The van der Waals surface area contributed by atoms with Gasteiger partial charge >= 0.3 is 0 Å². The average molecular weight is 405 g/mol. The van der Waals surface area contributed by atoms with E-state index in [1.54, 1.807) is 12.3 Å². The van der Waals surface area contributed by atoms with Crippen LogP contribution >= 0.6 is 23.8 Å². The van der Waals surface area contributed by atoms with Crippen molar-refractivity contribution >= 4 is 46.5 Å². The van der Waals surface area contributed by atoms with Crippen LogP contribution in [0.2, 0.25) is 5.02 Å². The Labute approximate surface area is 169 Å². The van der Waals surface area contributed by atoms with Crippen molar-refractivity contribution in [2.24, 2.45) is 5.10 Å². The predicted octanol–water partition coefficient (Wildman–Crippen LogP) is 4.96. The SMILES string of the molecule is CCCN1CCCc2cc(C=NNC(=S)Nc3ccc(F)c(Cl)c3)ccc21. The molecule has 3 rings (SSSR count). The summed E-state index contributed by atoms with van der Waals surface area (Å²) in [5.41, 5.74) is 7.08. The first-order valence-corrected chi connectivity index (χ1v) is 9.78. The van der Waals surface area contributed by atoms with E-state index < -0.39 is 5.82 Å². The second-order valence-electron chi connectivity index (χ2n) is 6.43. The molecule has 0 atom stereocenters. The Kier molecular flexibility index (Phi) is 6.63. The van der Waals surface area contributed by atoms with Crippen molar-refractivity contribution in [2.45, 2.75) is 26.2 Å². The van der Waals surface area contributed by atoms with E-state index in [0.717, 1.165) is 31.5 Å². The van der Waals surface area contributed by atoms with Crippen molar-refractivity contribution in [3.05, 3.63) is 58.4 Å². The number of hydrogen-bond donors (Lipinski definition) is 2. The van der Waals surface area contributed by atoms with E-state index in [1.165, 1.54) is 29.8 Å². The van der Waals surface area contributed by atoms with Gasteiger partial charge in [-0.3, -0.25) is 5.43 Å². The highest BCUT2D eigenvalue weighted by Gasteiger charge is 2.15. The third-order valence-corrected chi connectivity index (χ3v) is 4.85. The summed E-state index contributed by atoms with van der Waals surface area (Å²) in [5.74, 6) is -0.468. The van der Waals surface area contributed by atoms with Gasteiger partial charge in [-0.2, -0.15) is 5.10 Å². The molecule has 0 saturated heterocycles. The van der Waals surface area contributed by atoms with Gasteiger partial charge in [-0.25, -0.2) is 4.39 Å². The topological polar surface area (TPSA) is 39.7 Å². The Morgan fingerprint density at radius 2 is 2.19 bits per heavy atom. The van der Waals surface area contributed by atoms with Crippen LogP contribution < -0.4 is 15.6 Å². The van der Waals surface area contributed by atoms with Gasteiger partial charge in [0.2, 0.25) is 0 Å². The molecule has 142 valence electrons. The minimum absolute atomic E-state index is 0.0393. The Morgan fingerprint density at radius 3 is 2.96 bits per heavy atom. The van der Waals surface area contributed by atoms with E-state index in [2.05, 4.69) is 45.9 Å². The molecule has 1 heterocycles. The van der Waals surface area contributed by atoms with Gasteiger partial charge in [-0.05, 0) is 72.9 Å². The smallest absolute Gasteiger partial charge is 0.191 e. The van der Waals surface area contributed by atoms with Crippen LogP contribution in [-0.2, 0) is 6.42 Å². The number of fused-ring (bicyclic) bond motifs is 1. The summed E-state index contributed by atoms with van der Waals surface area (Å²) in [6.45, 7) is 4.43. The van der Waals surface area contributed by atoms with Crippen LogP contribution in [0.15, 0.2) is 41.5 Å². The van der Waals surface area contributed by atoms with Gasteiger partial charge in [0.05, 0.1) is 11.2 Å². The van der Waals surface area contributed by atoms with E-state index in [0.29, 0.717) is 10.8 Å². The normalized spacial score (nSPS) is 13.5. The van der Waals surface area contributed by atoms with Gasteiger partial charge in [0.15, 0.2) is 5.11 Å². The van der Waals surface area contributed by atoms with Gasteiger partial charge in [-0.1, -0.05) is 24.6 Å². The van der Waals surface area contributed by atoms with Gasteiger partial charge in [0.25, 0.3) is 0 Å². The average Bonchev–Trinajstić information content (AvgIpc) is 2.65. The van der Waals surface area contributed by atoms with Crippen molar-refractivity contribution in [1.29, 1.82) is 0 Å². The number of hydrazone groups is 1. The van der Waals surface area contributed by atoms with Crippen LogP contribution in [0.3, 0.4) is 0 Å². The number of halogens is 2. The highest BCUT2D eigenvalue weighted by molar-refractivity contribution is 7.80. The summed E-state index contributed by atoms with van der Waals surface area (Å²) >= 11 is 10.9. The minimum atomic E-state index is -0.468. The van der Waals surface area contributed by atoms with Crippen LogP contribution in [-0.4, -0.2) is 24.4 Å². The maximum atomic E-state index is 13.2. The quantitative estimate of drug-likeness (QED) is 0.419. The number of nitrogens with one attached hydrogen (secondary N) is 2. The Balaban J connectivity index is 1.59. The molecule has 0 amide bonds. The fourth-order valence-electron chi connectivity index (χ4n) is 3.18. The molecular weight excluding hydrogens is 383 g/mol. The van der Waals surface area contributed by atoms with Crippen molar-refractivity contribution in [3.8, 4) is 0 Å². The second kappa shape index (κ2) is 9.15. The number of anilines is 2. The van der Waals surface area contributed by atoms with E-state index in [4.69, 9.17) is 23.8 Å². The molecule has 0 spiro atoms.